The van der Waals surface area contributed by atoms with E-state index in [0.29, 0.717) is 16.9 Å². The predicted octanol–water partition coefficient (Wildman–Crippen LogP) is 4.65. The van der Waals surface area contributed by atoms with Crippen molar-refractivity contribution in [3.05, 3.63) is 48.2 Å². The Hall–Kier alpha value is -2.08. The highest BCUT2D eigenvalue weighted by molar-refractivity contribution is 7.90. The number of sulfone groups is 1. The molecule has 1 aromatic heterocycles. The zero-order valence-electron chi connectivity index (χ0n) is 18.0. The zero-order chi connectivity index (χ0) is 21.2. The molecule has 0 amide bonds. The van der Waals surface area contributed by atoms with Gasteiger partial charge in [-0.15, -0.1) is 0 Å². The SMILES string of the molecule is Cc1ccc(N2CCC3(CC2)CC(CCCOc2ccc(S(C)(=O)=O)cc2)C3)nc1. The lowest BCUT2D eigenvalue weighted by Crippen LogP contribution is -2.47. The number of nitrogens with zero attached hydrogens (tertiary/aromatic N) is 2. The molecule has 5 nitrogen and oxygen atoms in total. The Balaban J connectivity index is 1.14. The van der Waals surface area contributed by atoms with Gasteiger partial charge >= 0.3 is 0 Å². The van der Waals surface area contributed by atoms with E-state index in [9.17, 15) is 8.42 Å². The van der Waals surface area contributed by atoms with Crippen molar-refractivity contribution in [1.29, 1.82) is 0 Å². The van der Waals surface area contributed by atoms with Gasteiger partial charge in [-0.2, -0.15) is 0 Å². The Morgan fingerprint density at radius 2 is 1.80 bits per heavy atom. The van der Waals surface area contributed by atoms with Crippen LogP contribution in [0.1, 0.15) is 44.1 Å². The summed E-state index contributed by atoms with van der Waals surface area (Å²) in [6.45, 7) is 5.01. The molecule has 30 heavy (non-hydrogen) atoms. The van der Waals surface area contributed by atoms with Gasteiger partial charge in [0, 0.05) is 25.5 Å². The number of pyridine rings is 1. The molecule has 2 heterocycles. The Bertz CT molecular complexity index is 939. The first-order chi connectivity index (χ1) is 14.3. The molecule has 1 saturated heterocycles. The van der Waals surface area contributed by atoms with Crippen molar-refractivity contribution < 1.29 is 13.2 Å². The second kappa shape index (κ2) is 8.58. The summed E-state index contributed by atoms with van der Waals surface area (Å²) in [7, 11) is -3.15. The van der Waals surface area contributed by atoms with Crippen molar-refractivity contribution in [1.82, 2.24) is 4.98 Å². The van der Waals surface area contributed by atoms with E-state index in [1.165, 1.54) is 43.9 Å². The van der Waals surface area contributed by atoms with Crippen molar-refractivity contribution >= 4 is 15.7 Å². The number of anilines is 1. The van der Waals surface area contributed by atoms with Crippen molar-refractivity contribution in [2.75, 3.05) is 30.9 Å². The molecule has 0 N–H and O–H groups in total. The average Bonchev–Trinajstić information content (AvgIpc) is 2.70. The van der Waals surface area contributed by atoms with E-state index in [1.807, 2.05) is 6.20 Å². The fraction of sp³-hybridized carbons (Fsp3) is 0.542. The number of hydrogen-bond donors (Lipinski definition) is 0. The Morgan fingerprint density at radius 3 is 2.40 bits per heavy atom. The van der Waals surface area contributed by atoms with Gasteiger partial charge in [0.05, 0.1) is 11.5 Å². The number of piperidine rings is 1. The largest absolute Gasteiger partial charge is 0.494 e. The molecule has 2 aliphatic rings. The van der Waals surface area contributed by atoms with Gasteiger partial charge in [0.15, 0.2) is 9.84 Å². The summed E-state index contributed by atoms with van der Waals surface area (Å²) >= 11 is 0. The molecular formula is C24H32N2O3S. The molecule has 1 saturated carbocycles. The van der Waals surface area contributed by atoms with Crippen LogP contribution in [0.3, 0.4) is 0 Å². The Kier molecular flexibility index (Phi) is 6.05. The van der Waals surface area contributed by atoms with Gasteiger partial charge < -0.3 is 9.64 Å². The van der Waals surface area contributed by atoms with Crippen LogP contribution in [0.15, 0.2) is 47.5 Å². The third-order valence-corrected chi connectivity index (χ3v) is 7.89. The molecule has 1 aliphatic heterocycles. The van der Waals surface area contributed by atoms with E-state index in [4.69, 9.17) is 4.74 Å². The summed E-state index contributed by atoms with van der Waals surface area (Å²) in [5.74, 6) is 2.68. The number of rotatable bonds is 7. The highest BCUT2D eigenvalue weighted by Gasteiger charge is 2.45. The summed E-state index contributed by atoms with van der Waals surface area (Å²) in [5, 5.41) is 0. The first-order valence-electron chi connectivity index (χ1n) is 10.9. The molecular weight excluding hydrogens is 396 g/mol. The summed E-state index contributed by atoms with van der Waals surface area (Å²) in [4.78, 5) is 7.35. The zero-order valence-corrected chi connectivity index (χ0v) is 18.8. The van der Waals surface area contributed by atoms with Crippen LogP contribution in [0, 0.1) is 18.3 Å². The quantitative estimate of drug-likeness (QED) is 0.601. The summed E-state index contributed by atoms with van der Waals surface area (Å²) in [6.07, 6.45) is 10.7. The first-order valence-corrected chi connectivity index (χ1v) is 12.8. The molecule has 6 heteroatoms. The topological polar surface area (TPSA) is 59.5 Å². The number of aromatic nitrogens is 1. The summed E-state index contributed by atoms with van der Waals surface area (Å²) in [6, 6.07) is 11.0. The van der Waals surface area contributed by atoms with Crippen LogP contribution < -0.4 is 9.64 Å². The smallest absolute Gasteiger partial charge is 0.175 e. The molecule has 2 aromatic rings. The lowest BCUT2D eigenvalue weighted by Gasteiger charge is -2.52. The van der Waals surface area contributed by atoms with Crippen LogP contribution in [0.5, 0.6) is 5.75 Å². The maximum absolute atomic E-state index is 11.5. The lowest BCUT2D eigenvalue weighted by molar-refractivity contribution is 0.0206. The normalized spacial score (nSPS) is 18.9. The maximum atomic E-state index is 11.5. The van der Waals surface area contributed by atoms with Crippen LogP contribution in [0.4, 0.5) is 5.82 Å². The second-order valence-electron chi connectivity index (χ2n) is 9.19. The Labute approximate surface area is 180 Å². The van der Waals surface area contributed by atoms with E-state index in [2.05, 4.69) is 28.9 Å². The van der Waals surface area contributed by atoms with Gasteiger partial charge in [-0.1, -0.05) is 6.07 Å². The number of ether oxygens (including phenoxy) is 1. The second-order valence-corrected chi connectivity index (χ2v) is 11.2. The predicted molar refractivity (Wildman–Crippen MR) is 120 cm³/mol. The third kappa shape index (κ3) is 4.97. The standard InChI is InChI=1S/C24H32N2O3S/c1-19-5-10-23(25-18-19)26-13-11-24(12-14-26)16-20(17-24)4-3-15-29-21-6-8-22(9-7-21)30(2,27)28/h5-10,18,20H,3-4,11-17H2,1-2H3. The molecule has 2 fully saturated rings. The molecule has 1 spiro atoms. The molecule has 0 radical (unpaired) electrons. The van der Waals surface area contributed by atoms with E-state index in [1.54, 1.807) is 24.3 Å². The third-order valence-electron chi connectivity index (χ3n) is 6.76. The van der Waals surface area contributed by atoms with E-state index in [-0.39, 0.29) is 0 Å². The van der Waals surface area contributed by atoms with Crippen molar-refractivity contribution in [3.8, 4) is 5.75 Å². The monoisotopic (exact) mass is 428 g/mol. The van der Waals surface area contributed by atoms with Gasteiger partial charge in [0.2, 0.25) is 0 Å². The van der Waals surface area contributed by atoms with Crippen LogP contribution in [0.2, 0.25) is 0 Å². The van der Waals surface area contributed by atoms with Crippen LogP contribution >= 0.6 is 0 Å². The van der Waals surface area contributed by atoms with Gasteiger partial charge in [-0.05, 0) is 92.7 Å². The molecule has 0 bridgehead atoms. The maximum Gasteiger partial charge on any atom is 0.175 e. The molecule has 1 aliphatic carbocycles. The molecule has 4 rings (SSSR count). The number of hydrogen-bond acceptors (Lipinski definition) is 5. The van der Waals surface area contributed by atoms with Crippen LogP contribution in [0.25, 0.3) is 0 Å². The van der Waals surface area contributed by atoms with E-state index < -0.39 is 9.84 Å². The van der Waals surface area contributed by atoms with E-state index in [0.717, 1.165) is 37.0 Å². The number of aryl methyl sites for hydroxylation is 1. The molecule has 0 unspecified atom stereocenters. The summed E-state index contributed by atoms with van der Waals surface area (Å²) in [5.41, 5.74) is 1.78. The molecule has 162 valence electrons. The van der Waals surface area contributed by atoms with Crippen molar-refractivity contribution in [2.45, 2.75) is 50.3 Å². The van der Waals surface area contributed by atoms with Crippen molar-refractivity contribution in [3.63, 3.8) is 0 Å². The van der Waals surface area contributed by atoms with E-state index >= 15 is 0 Å². The van der Waals surface area contributed by atoms with Gasteiger partial charge in [-0.3, -0.25) is 0 Å². The van der Waals surface area contributed by atoms with Gasteiger partial charge in [-0.25, -0.2) is 13.4 Å². The van der Waals surface area contributed by atoms with Crippen molar-refractivity contribution in [2.24, 2.45) is 11.3 Å². The fourth-order valence-corrected chi connectivity index (χ4v) is 5.61. The highest BCUT2D eigenvalue weighted by Crippen LogP contribution is 2.54. The molecule has 0 atom stereocenters. The first kappa shape index (κ1) is 21.2. The minimum atomic E-state index is -3.15. The Morgan fingerprint density at radius 1 is 1.10 bits per heavy atom. The number of benzene rings is 1. The van der Waals surface area contributed by atoms with Crippen LogP contribution in [-0.2, 0) is 9.84 Å². The molecule has 1 aromatic carbocycles. The lowest BCUT2D eigenvalue weighted by atomic mass is 9.56. The van der Waals surface area contributed by atoms with Crippen LogP contribution in [-0.4, -0.2) is 39.4 Å². The minimum absolute atomic E-state index is 0.332. The summed E-state index contributed by atoms with van der Waals surface area (Å²) < 4.78 is 28.8. The van der Waals surface area contributed by atoms with Gasteiger partial charge in [0.1, 0.15) is 11.6 Å². The fourth-order valence-electron chi connectivity index (χ4n) is 4.98. The van der Waals surface area contributed by atoms with Gasteiger partial charge in [0.25, 0.3) is 0 Å². The highest BCUT2D eigenvalue weighted by atomic mass is 32.2. The minimum Gasteiger partial charge on any atom is -0.494 e. The average molecular weight is 429 g/mol.